The van der Waals surface area contributed by atoms with Gasteiger partial charge in [0.25, 0.3) is 5.91 Å². The van der Waals surface area contributed by atoms with E-state index in [4.69, 9.17) is 10.2 Å². The van der Waals surface area contributed by atoms with Crippen LogP contribution in [0.15, 0.2) is 6.07 Å². The van der Waals surface area contributed by atoms with E-state index in [2.05, 4.69) is 0 Å². The van der Waals surface area contributed by atoms with Crippen LogP contribution in [0.25, 0.3) is 0 Å². The molecule has 1 unspecified atom stereocenters. The molecule has 9 heteroatoms. The van der Waals surface area contributed by atoms with Gasteiger partial charge in [0.15, 0.2) is 17.4 Å². The third-order valence-electron chi connectivity index (χ3n) is 3.04. The van der Waals surface area contributed by atoms with E-state index in [0.717, 1.165) is 4.90 Å². The first-order chi connectivity index (χ1) is 9.84. The SMILES string of the molecule is O=C(O)C1CSCCN1C(=O)c1cc(F)c(F)c(O)c1F. The summed E-state index contributed by atoms with van der Waals surface area (Å²) in [7, 11) is 0. The van der Waals surface area contributed by atoms with Crippen molar-refractivity contribution in [1.82, 2.24) is 4.90 Å². The zero-order valence-corrected chi connectivity index (χ0v) is 11.3. The van der Waals surface area contributed by atoms with Gasteiger partial charge in [-0.3, -0.25) is 4.79 Å². The Bertz CT molecular complexity index is 611. The summed E-state index contributed by atoms with van der Waals surface area (Å²) in [5, 5.41) is 18.2. The van der Waals surface area contributed by atoms with Crippen molar-refractivity contribution in [2.45, 2.75) is 6.04 Å². The summed E-state index contributed by atoms with van der Waals surface area (Å²) in [6.07, 6.45) is 0. The molecule has 1 aromatic carbocycles. The van der Waals surface area contributed by atoms with E-state index in [-0.39, 0.29) is 12.3 Å². The van der Waals surface area contributed by atoms with Gasteiger partial charge in [0.05, 0.1) is 5.56 Å². The Kier molecular flexibility index (Phi) is 4.31. The molecule has 1 fully saturated rings. The van der Waals surface area contributed by atoms with Crippen molar-refractivity contribution in [1.29, 1.82) is 0 Å². The first-order valence-electron chi connectivity index (χ1n) is 5.82. The summed E-state index contributed by atoms with van der Waals surface area (Å²) in [4.78, 5) is 24.1. The minimum Gasteiger partial charge on any atom is -0.503 e. The van der Waals surface area contributed by atoms with Crippen molar-refractivity contribution in [3.63, 3.8) is 0 Å². The van der Waals surface area contributed by atoms with Crippen molar-refractivity contribution in [3.05, 3.63) is 29.1 Å². The average Bonchev–Trinajstić information content (AvgIpc) is 2.48. The zero-order chi connectivity index (χ0) is 15.7. The van der Waals surface area contributed by atoms with E-state index in [1.165, 1.54) is 11.8 Å². The molecule has 1 amide bonds. The highest BCUT2D eigenvalue weighted by Gasteiger charge is 2.35. The van der Waals surface area contributed by atoms with Crippen molar-refractivity contribution >= 4 is 23.6 Å². The van der Waals surface area contributed by atoms with Gasteiger partial charge in [-0.15, -0.1) is 0 Å². The molecule has 0 aliphatic carbocycles. The van der Waals surface area contributed by atoms with Gasteiger partial charge in [0.2, 0.25) is 5.82 Å². The fourth-order valence-electron chi connectivity index (χ4n) is 1.95. The van der Waals surface area contributed by atoms with E-state index >= 15 is 0 Å². The van der Waals surface area contributed by atoms with E-state index < -0.39 is 46.7 Å². The summed E-state index contributed by atoms with van der Waals surface area (Å²) in [6, 6.07) is -0.876. The van der Waals surface area contributed by atoms with E-state index in [1.54, 1.807) is 0 Å². The number of aliphatic carboxylic acids is 1. The number of carbonyl (C=O) groups is 2. The van der Waals surface area contributed by atoms with Gasteiger partial charge in [-0.2, -0.15) is 16.2 Å². The Labute approximate surface area is 121 Å². The lowest BCUT2D eigenvalue weighted by atomic mass is 10.1. The Morgan fingerprint density at radius 3 is 2.57 bits per heavy atom. The largest absolute Gasteiger partial charge is 0.503 e. The first kappa shape index (κ1) is 15.5. The fraction of sp³-hybridized carbons (Fsp3) is 0.333. The second kappa shape index (κ2) is 5.84. The number of aromatic hydroxyl groups is 1. The van der Waals surface area contributed by atoms with Crippen LogP contribution in [0.2, 0.25) is 0 Å². The maximum atomic E-state index is 13.7. The fourth-order valence-corrected chi connectivity index (χ4v) is 2.99. The van der Waals surface area contributed by atoms with E-state index in [9.17, 15) is 22.8 Å². The second-order valence-corrected chi connectivity index (χ2v) is 5.46. The number of rotatable bonds is 2. The third kappa shape index (κ3) is 2.78. The number of hydrogen-bond donors (Lipinski definition) is 2. The zero-order valence-electron chi connectivity index (χ0n) is 10.5. The number of hydrogen-bond acceptors (Lipinski definition) is 4. The molecule has 21 heavy (non-hydrogen) atoms. The lowest BCUT2D eigenvalue weighted by Gasteiger charge is -2.32. The van der Waals surface area contributed by atoms with Crippen LogP contribution in [-0.4, -0.2) is 51.1 Å². The van der Waals surface area contributed by atoms with Crippen molar-refractivity contribution in [3.8, 4) is 5.75 Å². The summed E-state index contributed by atoms with van der Waals surface area (Å²) in [6.45, 7) is 0.0274. The number of carboxylic acid groups (broad SMARTS) is 1. The van der Waals surface area contributed by atoms with Crippen LogP contribution >= 0.6 is 11.8 Å². The molecule has 114 valence electrons. The maximum Gasteiger partial charge on any atom is 0.327 e. The molecule has 0 bridgehead atoms. The highest BCUT2D eigenvalue weighted by molar-refractivity contribution is 7.99. The lowest BCUT2D eigenvalue weighted by molar-refractivity contribution is -0.141. The summed E-state index contributed by atoms with van der Waals surface area (Å²) < 4.78 is 39.9. The minimum atomic E-state index is -1.80. The average molecular weight is 321 g/mol. The molecule has 0 aromatic heterocycles. The molecular formula is C12H10F3NO4S. The van der Waals surface area contributed by atoms with Gasteiger partial charge in [-0.05, 0) is 6.07 Å². The number of carbonyl (C=O) groups excluding carboxylic acids is 1. The number of halogens is 3. The van der Waals surface area contributed by atoms with Crippen LogP contribution < -0.4 is 0 Å². The van der Waals surface area contributed by atoms with Crippen LogP contribution in [0, 0.1) is 17.5 Å². The molecule has 1 aliphatic rings. The Morgan fingerprint density at radius 2 is 1.95 bits per heavy atom. The normalized spacial score (nSPS) is 18.6. The molecule has 2 N–H and O–H groups in total. The number of thioether (sulfide) groups is 1. The monoisotopic (exact) mass is 321 g/mol. The topological polar surface area (TPSA) is 77.8 Å². The molecule has 1 aliphatic heterocycles. The number of benzene rings is 1. The molecule has 2 rings (SSSR count). The lowest BCUT2D eigenvalue weighted by Crippen LogP contribution is -2.50. The molecule has 1 atom stereocenters. The predicted octanol–water partition coefficient (Wildman–Crippen LogP) is 1.45. The Morgan fingerprint density at radius 1 is 1.29 bits per heavy atom. The number of phenols is 1. The summed E-state index contributed by atoms with van der Waals surface area (Å²) in [5.74, 6) is -8.43. The van der Waals surface area contributed by atoms with Gasteiger partial charge in [0.1, 0.15) is 6.04 Å². The highest BCUT2D eigenvalue weighted by Crippen LogP contribution is 2.28. The van der Waals surface area contributed by atoms with Gasteiger partial charge >= 0.3 is 5.97 Å². The quantitative estimate of drug-likeness (QED) is 0.806. The van der Waals surface area contributed by atoms with Crippen LogP contribution in [0.3, 0.4) is 0 Å². The van der Waals surface area contributed by atoms with E-state index in [1.807, 2.05) is 0 Å². The summed E-state index contributed by atoms with van der Waals surface area (Å²) in [5.41, 5.74) is -0.899. The van der Waals surface area contributed by atoms with Crippen LogP contribution in [0.5, 0.6) is 5.75 Å². The molecule has 0 radical (unpaired) electrons. The highest BCUT2D eigenvalue weighted by atomic mass is 32.2. The second-order valence-electron chi connectivity index (χ2n) is 4.31. The smallest absolute Gasteiger partial charge is 0.327 e. The van der Waals surface area contributed by atoms with Gasteiger partial charge in [0, 0.05) is 18.1 Å². The molecular weight excluding hydrogens is 311 g/mol. The van der Waals surface area contributed by atoms with Crippen LogP contribution in [0.1, 0.15) is 10.4 Å². The molecule has 1 heterocycles. The Balaban J connectivity index is 2.42. The number of phenolic OH excluding ortho intramolecular Hbond substituents is 1. The van der Waals surface area contributed by atoms with Gasteiger partial charge in [-0.1, -0.05) is 0 Å². The van der Waals surface area contributed by atoms with Gasteiger partial charge in [-0.25, -0.2) is 13.6 Å². The molecule has 0 saturated carbocycles. The molecule has 1 saturated heterocycles. The Hall–Kier alpha value is -1.90. The summed E-state index contributed by atoms with van der Waals surface area (Å²) >= 11 is 1.31. The van der Waals surface area contributed by atoms with Crippen LogP contribution in [0.4, 0.5) is 13.2 Å². The number of nitrogens with zero attached hydrogens (tertiary/aromatic N) is 1. The van der Waals surface area contributed by atoms with Crippen molar-refractivity contribution in [2.24, 2.45) is 0 Å². The standard InChI is InChI=1S/C12H10F3NO4S/c13-6-3-5(8(14)10(17)9(6)15)11(18)16-1-2-21-4-7(16)12(19)20/h3,7,17H,1-2,4H2,(H,19,20). The minimum absolute atomic E-state index is 0.0274. The van der Waals surface area contributed by atoms with Gasteiger partial charge < -0.3 is 15.1 Å². The van der Waals surface area contributed by atoms with Crippen LogP contribution in [-0.2, 0) is 4.79 Å². The third-order valence-corrected chi connectivity index (χ3v) is 4.06. The van der Waals surface area contributed by atoms with Crippen molar-refractivity contribution < 1.29 is 33.0 Å². The number of carboxylic acids is 1. The number of amides is 1. The van der Waals surface area contributed by atoms with Crippen molar-refractivity contribution in [2.75, 3.05) is 18.1 Å². The molecule has 1 aromatic rings. The van der Waals surface area contributed by atoms with E-state index in [0.29, 0.717) is 11.8 Å². The molecule has 0 spiro atoms. The predicted molar refractivity (Wildman–Crippen MR) is 67.8 cm³/mol. The molecule has 5 nitrogen and oxygen atoms in total. The first-order valence-corrected chi connectivity index (χ1v) is 6.98. The maximum absolute atomic E-state index is 13.7.